The van der Waals surface area contributed by atoms with E-state index in [-0.39, 0.29) is 30.9 Å². The zero-order chi connectivity index (χ0) is 21.0. The van der Waals surface area contributed by atoms with Crippen molar-refractivity contribution in [1.82, 2.24) is 14.8 Å². The van der Waals surface area contributed by atoms with Gasteiger partial charge < -0.3 is 10.2 Å². The molecule has 11 heteroatoms. The summed E-state index contributed by atoms with van der Waals surface area (Å²) in [7, 11) is 0. The molecule has 0 radical (unpaired) electrons. The second-order valence-corrected chi connectivity index (χ2v) is 6.91. The minimum Gasteiger partial charge on any atom is -0.320 e. The number of nitrogens with one attached hydrogen (secondary N) is 1. The fraction of sp³-hybridized carbons (Fsp3) is 0.400. The number of amides is 2. The van der Waals surface area contributed by atoms with Gasteiger partial charge in [0.2, 0.25) is 0 Å². The third kappa shape index (κ3) is 6.69. The third-order valence-electron chi connectivity index (χ3n) is 4.99. The molecule has 1 saturated heterocycles. The van der Waals surface area contributed by atoms with Gasteiger partial charge in [-0.15, -0.1) is 24.8 Å². The van der Waals surface area contributed by atoms with Gasteiger partial charge in [0.15, 0.2) is 5.82 Å². The first-order valence-electron chi connectivity index (χ1n) is 9.34. The van der Waals surface area contributed by atoms with Crippen molar-refractivity contribution >= 4 is 36.5 Å². The van der Waals surface area contributed by atoms with Crippen molar-refractivity contribution in [2.24, 2.45) is 0 Å². The Balaban J connectivity index is 0.00000240. The van der Waals surface area contributed by atoms with Crippen LogP contribution in [0.4, 0.5) is 28.0 Å². The number of urea groups is 1. The number of alkyl halides is 3. The van der Waals surface area contributed by atoms with Crippen LogP contribution in [0.2, 0.25) is 0 Å². The molecule has 1 aromatic carbocycles. The molecule has 5 nitrogen and oxygen atoms in total. The molecule has 2 heterocycles. The van der Waals surface area contributed by atoms with Gasteiger partial charge in [-0.3, -0.25) is 9.88 Å². The van der Waals surface area contributed by atoms with Crippen LogP contribution in [-0.2, 0) is 12.7 Å². The van der Waals surface area contributed by atoms with Crippen LogP contribution in [0.1, 0.15) is 24.5 Å². The molecule has 1 fully saturated rings. The molecule has 0 bridgehead atoms. The number of carbonyl (C=O) groups is 1. The summed E-state index contributed by atoms with van der Waals surface area (Å²) in [5.74, 6) is -1.48. The maximum Gasteiger partial charge on any atom is 0.419 e. The van der Waals surface area contributed by atoms with E-state index in [1.807, 2.05) is 12.1 Å². The normalized spacial score (nSPS) is 16.2. The molecule has 0 spiro atoms. The summed E-state index contributed by atoms with van der Waals surface area (Å²) in [5, 5.41) is 2.30. The summed E-state index contributed by atoms with van der Waals surface area (Å²) < 4.78 is 52.9. The lowest BCUT2D eigenvalue weighted by Gasteiger charge is -2.28. The van der Waals surface area contributed by atoms with Gasteiger partial charge in [-0.1, -0.05) is 6.07 Å². The molecule has 0 aliphatic carbocycles. The van der Waals surface area contributed by atoms with Crippen molar-refractivity contribution in [3.8, 4) is 0 Å². The molecule has 1 atom stereocenters. The van der Waals surface area contributed by atoms with Gasteiger partial charge >= 0.3 is 12.2 Å². The molecule has 0 saturated carbocycles. The van der Waals surface area contributed by atoms with Gasteiger partial charge in [0.1, 0.15) is 0 Å². The average molecular weight is 483 g/mol. The molecule has 31 heavy (non-hydrogen) atoms. The van der Waals surface area contributed by atoms with E-state index in [2.05, 4.69) is 15.2 Å². The molecule has 3 rings (SSSR count). The SMILES string of the molecule is CCN(C(=O)Nc1cccc(C(F)(F)F)c1F)C1CCN(Cc2ccncc2)C1.Cl.Cl. The Kier molecular flexibility index (Phi) is 9.99. The first-order chi connectivity index (χ1) is 13.8. The van der Waals surface area contributed by atoms with Crippen molar-refractivity contribution in [2.75, 3.05) is 25.0 Å². The largest absolute Gasteiger partial charge is 0.419 e. The summed E-state index contributed by atoms with van der Waals surface area (Å²) in [6, 6.07) is 5.99. The maximum absolute atomic E-state index is 14.2. The number of carbonyl (C=O) groups excluding carboxylic acids is 1. The van der Waals surface area contributed by atoms with Gasteiger partial charge in [0.25, 0.3) is 0 Å². The van der Waals surface area contributed by atoms with Crippen LogP contribution in [0.5, 0.6) is 0 Å². The predicted octanol–water partition coefficient (Wildman–Crippen LogP) is 5.21. The number of aromatic nitrogens is 1. The summed E-state index contributed by atoms with van der Waals surface area (Å²) >= 11 is 0. The molecular formula is C20H24Cl2F4N4O. The Bertz CT molecular complexity index is 855. The highest BCUT2D eigenvalue weighted by Gasteiger charge is 2.36. The molecule has 1 N–H and O–H groups in total. The number of nitrogens with zero attached hydrogens (tertiary/aromatic N) is 3. The summed E-state index contributed by atoms with van der Waals surface area (Å²) in [4.78, 5) is 20.4. The van der Waals surface area contributed by atoms with E-state index in [1.54, 1.807) is 19.3 Å². The predicted molar refractivity (Wildman–Crippen MR) is 115 cm³/mol. The molecule has 1 aliphatic rings. The summed E-state index contributed by atoms with van der Waals surface area (Å²) in [6.45, 7) is 4.29. The lowest BCUT2D eigenvalue weighted by atomic mass is 10.1. The smallest absolute Gasteiger partial charge is 0.320 e. The van der Waals surface area contributed by atoms with Crippen molar-refractivity contribution < 1.29 is 22.4 Å². The summed E-state index contributed by atoms with van der Waals surface area (Å²) in [5.41, 5.74) is -0.767. The molecule has 172 valence electrons. The Morgan fingerprint density at radius 3 is 2.52 bits per heavy atom. The van der Waals surface area contributed by atoms with Gasteiger partial charge in [-0.2, -0.15) is 13.2 Å². The summed E-state index contributed by atoms with van der Waals surface area (Å²) in [6.07, 6.45) is -0.651. The number of hydrogen-bond donors (Lipinski definition) is 1. The molecule has 1 aliphatic heterocycles. The number of halogens is 6. The Morgan fingerprint density at radius 2 is 1.90 bits per heavy atom. The lowest BCUT2D eigenvalue weighted by molar-refractivity contribution is -0.139. The minimum atomic E-state index is -4.83. The number of pyridine rings is 1. The van der Waals surface area contributed by atoms with E-state index >= 15 is 0 Å². The van der Waals surface area contributed by atoms with Crippen LogP contribution >= 0.6 is 24.8 Å². The van der Waals surface area contributed by atoms with Crippen molar-refractivity contribution in [2.45, 2.75) is 32.1 Å². The number of anilines is 1. The van der Waals surface area contributed by atoms with Gasteiger partial charge in [-0.05, 0) is 43.2 Å². The molecule has 1 unspecified atom stereocenters. The zero-order valence-electron chi connectivity index (χ0n) is 16.7. The highest BCUT2D eigenvalue weighted by atomic mass is 35.5. The highest BCUT2D eigenvalue weighted by Crippen LogP contribution is 2.34. The standard InChI is InChI=1S/C20H22F4N4O.2ClH/c1-2-28(15-8-11-27(13-15)12-14-6-9-25-10-7-14)19(29)26-17-5-3-4-16(18(17)21)20(22,23)24;;/h3-7,9-10,15H,2,8,11-13H2,1H3,(H,26,29);2*1H. The zero-order valence-corrected chi connectivity index (χ0v) is 18.4. The van der Waals surface area contributed by atoms with E-state index in [1.165, 1.54) is 4.90 Å². The fourth-order valence-corrected chi connectivity index (χ4v) is 3.56. The second kappa shape index (κ2) is 11.5. The quantitative estimate of drug-likeness (QED) is 0.594. The number of benzene rings is 1. The van der Waals surface area contributed by atoms with Crippen molar-refractivity contribution in [1.29, 1.82) is 0 Å². The van der Waals surface area contributed by atoms with Crippen LogP contribution in [0.25, 0.3) is 0 Å². The van der Waals surface area contributed by atoms with E-state index in [0.29, 0.717) is 19.2 Å². The first-order valence-corrected chi connectivity index (χ1v) is 9.34. The van der Waals surface area contributed by atoms with Crippen molar-refractivity contribution in [3.63, 3.8) is 0 Å². The van der Waals surface area contributed by atoms with Gasteiger partial charge in [-0.25, -0.2) is 9.18 Å². The van der Waals surface area contributed by atoms with E-state index in [4.69, 9.17) is 0 Å². The number of likely N-dealkylation sites (tertiary alicyclic amines) is 1. The Morgan fingerprint density at radius 1 is 1.23 bits per heavy atom. The van der Waals surface area contributed by atoms with E-state index in [0.717, 1.165) is 37.2 Å². The first kappa shape index (κ1) is 26.9. The number of rotatable bonds is 5. The topological polar surface area (TPSA) is 48.5 Å². The molecular weight excluding hydrogens is 459 g/mol. The fourth-order valence-electron chi connectivity index (χ4n) is 3.56. The Hall–Kier alpha value is -2.10. The van der Waals surface area contributed by atoms with Crippen LogP contribution < -0.4 is 5.32 Å². The van der Waals surface area contributed by atoms with Gasteiger partial charge in [0, 0.05) is 44.6 Å². The van der Waals surface area contributed by atoms with E-state index in [9.17, 15) is 22.4 Å². The van der Waals surface area contributed by atoms with Crippen LogP contribution in [-0.4, -0.2) is 46.5 Å². The minimum absolute atomic E-state index is 0. The molecule has 2 aromatic rings. The monoisotopic (exact) mass is 482 g/mol. The maximum atomic E-state index is 14.2. The van der Waals surface area contributed by atoms with E-state index < -0.39 is 29.3 Å². The van der Waals surface area contributed by atoms with Crippen LogP contribution in [0.15, 0.2) is 42.7 Å². The van der Waals surface area contributed by atoms with Gasteiger partial charge in [0.05, 0.1) is 11.3 Å². The number of likely N-dealkylation sites (N-methyl/N-ethyl adjacent to an activating group) is 1. The van der Waals surface area contributed by atoms with Crippen molar-refractivity contribution in [3.05, 3.63) is 59.7 Å². The second-order valence-electron chi connectivity index (χ2n) is 6.91. The Labute approximate surface area is 190 Å². The van der Waals surface area contributed by atoms with Crippen LogP contribution in [0.3, 0.4) is 0 Å². The molecule has 1 aromatic heterocycles. The molecule has 2 amide bonds. The average Bonchev–Trinajstić information content (AvgIpc) is 3.12. The number of hydrogen-bond acceptors (Lipinski definition) is 3. The lowest BCUT2D eigenvalue weighted by Crippen LogP contribution is -2.44. The highest BCUT2D eigenvalue weighted by molar-refractivity contribution is 5.89. The third-order valence-corrected chi connectivity index (χ3v) is 4.99. The van der Waals surface area contributed by atoms with Crippen LogP contribution in [0, 0.1) is 5.82 Å².